The first-order valence-corrected chi connectivity index (χ1v) is 16.0. The predicted molar refractivity (Wildman–Crippen MR) is 159 cm³/mol. The molecule has 0 N–H and O–H groups in total. The van der Waals surface area contributed by atoms with Gasteiger partial charge < -0.3 is 0 Å². The van der Waals surface area contributed by atoms with Gasteiger partial charge in [0.05, 0.1) is 17.8 Å². The van der Waals surface area contributed by atoms with Gasteiger partial charge >= 0.3 is 0 Å². The Morgan fingerprint density at radius 3 is 2.51 bits per heavy atom. The fourth-order valence-electron chi connectivity index (χ4n) is 8.09. The Morgan fingerprint density at radius 1 is 0.949 bits per heavy atom. The Labute approximate surface area is 238 Å². The van der Waals surface area contributed by atoms with E-state index in [9.17, 15) is 0 Å². The van der Waals surface area contributed by atoms with E-state index in [-0.39, 0.29) is 17.6 Å². The number of hydrogen-bond donors (Lipinski definition) is 0. The number of ketones is 1. The van der Waals surface area contributed by atoms with E-state index < -0.39 is 11.0 Å². The highest BCUT2D eigenvalue weighted by Gasteiger charge is 2.75. The third kappa shape index (κ3) is 3.63. The number of Topliss-reactive ketones (excluding diaryl/α,β-unsaturated/α-hetero) is 1. The van der Waals surface area contributed by atoms with Crippen LogP contribution in [0.25, 0.3) is 6.08 Å². The first-order valence-electron chi connectivity index (χ1n) is 14.2. The number of nitrogens with zero attached hydrogens (tertiary/aromatic N) is 3. The second kappa shape index (κ2) is 9.81. The second-order valence-electron chi connectivity index (χ2n) is 11.6. The minimum Gasteiger partial charge on any atom is -0.297 e. The molecule has 5 nitrogen and oxygen atoms in total. The number of thiophene rings is 2. The fraction of sp³-hybridized carbons (Fsp3) is 0.438. The van der Waals surface area contributed by atoms with E-state index in [0.29, 0.717) is 13.2 Å². The lowest BCUT2D eigenvalue weighted by Crippen LogP contribution is -2.62. The number of carbonyl (C=O) groups is 2. The number of piperidine rings is 1. The van der Waals surface area contributed by atoms with Gasteiger partial charge in [-0.2, -0.15) is 0 Å². The van der Waals surface area contributed by atoms with Crippen LogP contribution >= 0.6 is 22.7 Å². The Hall–Kier alpha value is -2.58. The van der Waals surface area contributed by atoms with E-state index in [2.05, 4.69) is 64.0 Å². The van der Waals surface area contributed by atoms with Crippen molar-refractivity contribution < 1.29 is 9.59 Å². The zero-order chi connectivity index (χ0) is 26.6. The molecule has 2 aromatic heterocycles. The summed E-state index contributed by atoms with van der Waals surface area (Å²) in [5.41, 5.74) is 1.00. The summed E-state index contributed by atoms with van der Waals surface area (Å²) in [6.45, 7) is 3.32. The summed E-state index contributed by atoms with van der Waals surface area (Å²) in [6.07, 6.45) is 8.10. The van der Waals surface area contributed by atoms with Gasteiger partial charge in [0.2, 0.25) is 0 Å². The van der Waals surface area contributed by atoms with E-state index in [1.807, 2.05) is 23.1 Å². The first kappa shape index (κ1) is 25.4. The summed E-state index contributed by atoms with van der Waals surface area (Å²) in [6, 6.07) is 16.7. The van der Waals surface area contributed by atoms with Crippen molar-refractivity contribution in [1.29, 1.82) is 0 Å². The van der Waals surface area contributed by atoms with E-state index in [0.717, 1.165) is 54.1 Å². The molecule has 0 unspecified atom stereocenters. The molecule has 2 spiro atoms. The largest absolute Gasteiger partial charge is 0.297 e. The zero-order valence-corrected chi connectivity index (χ0v) is 24.1. The predicted octanol–water partition coefficient (Wildman–Crippen LogP) is 6.35. The average Bonchev–Trinajstić information content (AvgIpc) is 3.75. The number of likely N-dealkylation sites (N-methyl/N-ethyl adjacent to an activating group) is 1. The first-order chi connectivity index (χ1) is 19.1. The number of hydrogen-bond acceptors (Lipinski definition) is 6. The van der Waals surface area contributed by atoms with E-state index in [1.165, 1.54) is 24.1 Å². The summed E-state index contributed by atoms with van der Waals surface area (Å²) < 4.78 is 0. The minimum absolute atomic E-state index is 0.0334. The lowest BCUT2D eigenvalue weighted by molar-refractivity contribution is -0.146. The maximum absolute atomic E-state index is 15.1. The lowest BCUT2D eigenvalue weighted by atomic mass is 9.54. The van der Waals surface area contributed by atoms with Crippen molar-refractivity contribution in [2.45, 2.75) is 50.0 Å². The molecule has 1 amide bonds. The van der Waals surface area contributed by atoms with Crippen molar-refractivity contribution in [2.24, 2.45) is 5.41 Å². The molecule has 0 radical (unpaired) electrons. The third-order valence-corrected chi connectivity index (χ3v) is 11.5. The quantitative estimate of drug-likeness (QED) is 0.351. The summed E-state index contributed by atoms with van der Waals surface area (Å²) >= 11 is 3.39. The van der Waals surface area contributed by atoms with Gasteiger partial charge in [0.25, 0.3) is 5.91 Å². The van der Waals surface area contributed by atoms with Crippen LogP contribution in [-0.2, 0) is 15.1 Å². The van der Waals surface area contributed by atoms with Crippen molar-refractivity contribution in [1.82, 2.24) is 9.80 Å². The van der Waals surface area contributed by atoms with Gasteiger partial charge in [0.1, 0.15) is 5.54 Å². The summed E-state index contributed by atoms with van der Waals surface area (Å²) in [7, 11) is 2.08. The Kier molecular flexibility index (Phi) is 6.38. The monoisotopic (exact) mass is 557 g/mol. The number of allylic oxidation sites excluding steroid dienone is 1. The van der Waals surface area contributed by atoms with Gasteiger partial charge in [-0.25, -0.2) is 0 Å². The highest BCUT2D eigenvalue weighted by molar-refractivity contribution is 7.11. The number of rotatable bonds is 4. The van der Waals surface area contributed by atoms with Crippen LogP contribution in [0.1, 0.15) is 59.8 Å². The molecule has 1 aromatic carbocycles. The van der Waals surface area contributed by atoms with Crippen LogP contribution in [0.2, 0.25) is 0 Å². The summed E-state index contributed by atoms with van der Waals surface area (Å²) in [5, 5.41) is 4.17. The molecule has 4 aliphatic rings. The minimum atomic E-state index is -1.01. The van der Waals surface area contributed by atoms with Crippen LogP contribution in [-0.4, -0.2) is 54.8 Å². The maximum Gasteiger partial charge on any atom is 0.254 e. The van der Waals surface area contributed by atoms with E-state index in [1.54, 1.807) is 22.7 Å². The van der Waals surface area contributed by atoms with Crippen molar-refractivity contribution in [2.75, 3.05) is 38.3 Å². The van der Waals surface area contributed by atoms with Gasteiger partial charge in [-0.3, -0.25) is 24.3 Å². The molecule has 3 aromatic rings. The highest BCUT2D eigenvalue weighted by atomic mass is 32.1. The Bertz CT molecular complexity index is 1410. The van der Waals surface area contributed by atoms with Gasteiger partial charge in [-0.05, 0) is 92.8 Å². The molecule has 3 atom stereocenters. The van der Waals surface area contributed by atoms with Gasteiger partial charge in [-0.15, -0.1) is 22.7 Å². The van der Waals surface area contributed by atoms with Crippen LogP contribution in [0.15, 0.2) is 64.9 Å². The number of amides is 1. The third-order valence-electron chi connectivity index (χ3n) is 9.66. The number of carbonyl (C=O) groups excluding carboxylic acids is 2. The molecule has 7 rings (SSSR count). The number of anilines is 1. The molecule has 7 heteroatoms. The molecule has 2 saturated heterocycles. The lowest BCUT2D eigenvalue weighted by Gasteiger charge is -2.48. The number of para-hydroxylation sites is 1. The van der Waals surface area contributed by atoms with Gasteiger partial charge in [-0.1, -0.05) is 36.8 Å². The molecule has 39 heavy (non-hydrogen) atoms. The second-order valence-corrected chi connectivity index (χ2v) is 13.5. The molecule has 1 aliphatic carbocycles. The van der Waals surface area contributed by atoms with Crippen LogP contribution in [0.4, 0.5) is 5.69 Å². The maximum atomic E-state index is 15.1. The number of likely N-dealkylation sites (tertiary alicyclic amines) is 2. The molecular weight excluding hydrogens is 523 g/mol. The molecular formula is C32H35N3O2S2. The fourth-order valence-corrected chi connectivity index (χ4v) is 9.68. The molecule has 0 bridgehead atoms. The number of fused-ring (bicyclic) bond motifs is 3. The highest BCUT2D eigenvalue weighted by Crippen LogP contribution is 2.67. The standard InChI is InChI=1S/C32H35N3O2S2/c1-33-21-26(28-14-9-19-39-28)31(15-7-10-23(29(31)36)20-24-11-8-18-38-24)32(33)25-12-3-4-13-27(25)35(30(32)37)22-34-16-5-2-6-17-34/h3-4,8-9,11-14,18-20,26H,2,5-7,10,15-17,21-22H2,1H3/b23-20+/t26-,31+,32+/m0/s1. The summed E-state index contributed by atoms with van der Waals surface area (Å²) in [5.74, 6) is 0.225. The van der Waals surface area contributed by atoms with Gasteiger partial charge in [0.15, 0.2) is 5.78 Å². The van der Waals surface area contributed by atoms with Gasteiger partial charge in [0, 0.05) is 27.8 Å². The van der Waals surface area contributed by atoms with Crippen LogP contribution < -0.4 is 4.90 Å². The zero-order valence-electron chi connectivity index (χ0n) is 22.5. The van der Waals surface area contributed by atoms with Crippen molar-refractivity contribution >= 4 is 46.1 Å². The molecule has 3 aliphatic heterocycles. The molecule has 3 fully saturated rings. The Balaban J connectivity index is 1.42. The SMILES string of the molecule is CN1C[C@@H](c2cccs2)[C@@]2(CCC/C(=C\c3cccs3)C2=O)[C@@]12C(=O)N(CN1CCCCC1)c1ccccc12. The van der Waals surface area contributed by atoms with Crippen molar-refractivity contribution in [3.8, 4) is 0 Å². The van der Waals surface area contributed by atoms with Crippen molar-refractivity contribution in [3.05, 3.63) is 80.2 Å². The van der Waals surface area contributed by atoms with Crippen LogP contribution in [0.5, 0.6) is 0 Å². The van der Waals surface area contributed by atoms with E-state index in [4.69, 9.17) is 0 Å². The molecule has 5 heterocycles. The normalized spacial score (nSPS) is 30.7. The Morgan fingerprint density at radius 2 is 1.74 bits per heavy atom. The van der Waals surface area contributed by atoms with Crippen molar-refractivity contribution in [3.63, 3.8) is 0 Å². The van der Waals surface area contributed by atoms with E-state index >= 15 is 9.59 Å². The van der Waals surface area contributed by atoms with Crippen LogP contribution in [0.3, 0.4) is 0 Å². The smallest absolute Gasteiger partial charge is 0.254 e. The molecule has 202 valence electrons. The molecule has 1 saturated carbocycles. The average molecular weight is 558 g/mol. The van der Waals surface area contributed by atoms with Crippen LogP contribution in [0, 0.1) is 5.41 Å². The topological polar surface area (TPSA) is 43.9 Å². The number of benzene rings is 1. The summed E-state index contributed by atoms with van der Waals surface area (Å²) in [4.78, 5) is 39.2.